The molecule has 24 heavy (non-hydrogen) atoms. The minimum Gasteiger partial charge on any atom is -0.466 e. The highest BCUT2D eigenvalue weighted by molar-refractivity contribution is 5.86. The lowest BCUT2D eigenvalue weighted by Gasteiger charge is -2.03. The minimum atomic E-state index is -0.356. The number of carbonyl (C=O) groups excluding carboxylic acids is 1. The maximum absolute atomic E-state index is 11.1. The molecule has 0 aliphatic carbocycles. The highest BCUT2D eigenvalue weighted by Gasteiger charge is 2.02. The molecule has 0 fully saturated rings. The number of benzene rings is 2. The zero-order valence-corrected chi connectivity index (χ0v) is 13.4. The largest absolute Gasteiger partial charge is 0.466 e. The lowest BCUT2D eigenvalue weighted by molar-refractivity contribution is -0.134. The molecular weight excluding hydrogens is 300 g/mol. The van der Waals surface area contributed by atoms with E-state index in [1.807, 2.05) is 55.0 Å². The van der Waals surface area contributed by atoms with Crippen LogP contribution in [-0.4, -0.2) is 22.6 Å². The predicted molar refractivity (Wildman–Crippen MR) is 94.3 cm³/mol. The molecule has 1 aromatic heterocycles. The van der Waals surface area contributed by atoms with E-state index in [2.05, 4.69) is 26.4 Å². The van der Waals surface area contributed by atoms with E-state index in [-0.39, 0.29) is 5.97 Å². The van der Waals surface area contributed by atoms with Crippen LogP contribution in [0.25, 0.3) is 17.3 Å². The van der Waals surface area contributed by atoms with Crippen molar-refractivity contribution >= 4 is 12.0 Å². The highest BCUT2D eigenvalue weighted by atomic mass is 16.5. The van der Waals surface area contributed by atoms with Crippen LogP contribution in [0.4, 0.5) is 0 Å². The molecule has 2 aromatic carbocycles. The number of ether oxygens (including phenoxy) is 1. The van der Waals surface area contributed by atoms with Gasteiger partial charge in [-0.25, -0.2) is 9.78 Å². The molecule has 0 radical (unpaired) electrons. The second kappa shape index (κ2) is 7.42. The number of carbonyl (C=O) groups is 1. The number of esters is 1. The van der Waals surface area contributed by atoms with Crippen molar-refractivity contribution in [2.45, 2.75) is 6.54 Å². The smallest absolute Gasteiger partial charge is 0.330 e. The summed E-state index contributed by atoms with van der Waals surface area (Å²) in [6.07, 6.45) is 7.03. The second-order valence-electron chi connectivity index (χ2n) is 5.40. The van der Waals surface area contributed by atoms with Gasteiger partial charge in [-0.3, -0.25) is 0 Å². The zero-order chi connectivity index (χ0) is 16.8. The number of imidazole rings is 1. The molecule has 0 saturated heterocycles. The SMILES string of the molecule is COC(=O)C=Cc1ccc(Cn2cnc(-c3ccccc3)c2)cc1. The van der Waals surface area contributed by atoms with E-state index < -0.39 is 0 Å². The fourth-order valence-electron chi connectivity index (χ4n) is 2.38. The molecule has 0 amide bonds. The van der Waals surface area contributed by atoms with Crippen LogP contribution in [0.2, 0.25) is 0 Å². The molecular formula is C20H18N2O2. The Balaban J connectivity index is 1.67. The number of nitrogens with zero attached hydrogens (tertiary/aromatic N) is 2. The van der Waals surface area contributed by atoms with Crippen molar-refractivity contribution in [3.63, 3.8) is 0 Å². The monoisotopic (exact) mass is 318 g/mol. The average Bonchev–Trinajstić information content (AvgIpc) is 3.10. The summed E-state index contributed by atoms with van der Waals surface area (Å²) in [6.45, 7) is 0.751. The standard InChI is InChI=1S/C20H18N2O2/c1-24-20(23)12-11-16-7-9-17(10-8-16)13-22-14-19(21-15-22)18-5-3-2-4-6-18/h2-12,14-15H,13H2,1H3. The summed E-state index contributed by atoms with van der Waals surface area (Å²) >= 11 is 0. The molecule has 1 heterocycles. The number of hydrogen-bond acceptors (Lipinski definition) is 3. The molecule has 0 spiro atoms. The van der Waals surface area contributed by atoms with Crippen LogP contribution in [0.1, 0.15) is 11.1 Å². The molecule has 0 aliphatic heterocycles. The molecule has 4 nitrogen and oxygen atoms in total. The van der Waals surface area contributed by atoms with Crippen LogP contribution in [0, 0.1) is 0 Å². The second-order valence-corrected chi connectivity index (χ2v) is 5.40. The summed E-state index contributed by atoms with van der Waals surface area (Å²) in [5.74, 6) is -0.356. The van der Waals surface area contributed by atoms with Crippen molar-refractivity contribution in [2.24, 2.45) is 0 Å². The third-order valence-electron chi connectivity index (χ3n) is 3.66. The van der Waals surface area contributed by atoms with Gasteiger partial charge in [-0.15, -0.1) is 0 Å². The normalized spacial score (nSPS) is 10.9. The van der Waals surface area contributed by atoms with E-state index >= 15 is 0 Å². The van der Waals surface area contributed by atoms with Gasteiger partial charge in [0.05, 0.1) is 19.1 Å². The Kier molecular flexibility index (Phi) is 4.87. The van der Waals surface area contributed by atoms with Gasteiger partial charge in [0.1, 0.15) is 0 Å². The summed E-state index contributed by atoms with van der Waals surface area (Å²) in [5, 5.41) is 0. The summed E-state index contributed by atoms with van der Waals surface area (Å²) in [5.41, 5.74) is 4.20. The summed E-state index contributed by atoms with van der Waals surface area (Å²) in [4.78, 5) is 15.6. The quantitative estimate of drug-likeness (QED) is 0.531. The van der Waals surface area contributed by atoms with E-state index in [1.165, 1.54) is 18.7 Å². The van der Waals surface area contributed by atoms with Crippen molar-refractivity contribution in [1.29, 1.82) is 0 Å². The highest BCUT2D eigenvalue weighted by Crippen LogP contribution is 2.17. The molecule has 0 atom stereocenters. The summed E-state index contributed by atoms with van der Waals surface area (Å²) in [6, 6.07) is 18.1. The number of hydrogen-bond donors (Lipinski definition) is 0. The van der Waals surface area contributed by atoms with Crippen molar-refractivity contribution in [2.75, 3.05) is 7.11 Å². The topological polar surface area (TPSA) is 44.1 Å². The Morgan fingerprint density at radius 3 is 2.58 bits per heavy atom. The van der Waals surface area contributed by atoms with Crippen LogP contribution in [0.5, 0.6) is 0 Å². The maximum atomic E-state index is 11.1. The van der Waals surface area contributed by atoms with Gasteiger partial charge < -0.3 is 9.30 Å². The Morgan fingerprint density at radius 1 is 1.12 bits per heavy atom. The van der Waals surface area contributed by atoms with Gasteiger partial charge in [0.25, 0.3) is 0 Å². The van der Waals surface area contributed by atoms with Crippen LogP contribution < -0.4 is 0 Å². The minimum absolute atomic E-state index is 0.356. The van der Waals surface area contributed by atoms with Gasteiger partial charge in [0, 0.05) is 24.4 Å². The molecule has 120 valence electrons. The molecule has 4 heteroatoms. The van der Waals surface area contributed by atoms with Crippen molar-refractivity contribution in [3.05, 3.63) is 84.3 Å². The number of methoxy groups -OCH3 is 1. The van der Waals surface area contributed by atoms with Gasteiger partial charge >= 0.3 is 5.97 Å². The Hall–Kier alpha value is -3.14. The number of aromatic nitrogens is 2. The molecule has 0 aliphatic rings. The first-order valence-corrected chi connectivity index (χ1v) is 7.67. The number of rotatable bonds is 5. The fraction of sp³-hybridized carbons (Fsp3) is 0.100. The summed E-state index contributed by atoms with van der Waals surface area (Å²) < 4.78 is 6.63. The third kappa shape index (κ3) is 3.98. The Bertz CT molecular complexity index is 834. The van der Waals surface area contributed by atoms with Gasteiger partial charge in [0.15, 0.2) is 0 Å². The first-order chi connectivity index (χ1) is 11.7. The van der Waals surface area contributed by atoms with Gasteiger partial charge in [0.2, 0.25) is 0 Å². The van der Waals surface area contributed by atoms with Crippen LogP contribution in [0.3, 0.4) is 0 Å². The Morgan fingerprint density at radius 2 is 1.88 bits per heavy atom. The van der Waals surface area contributed by atoms with Gasteiger partial charge in [-0.1, -0.05) is 54.6 Å². The van der Waals surface area contributed by atoms with E-state index in [1.54, 1.807) is 6.08 Å². The van der Waals surface area contributed by atoms with Crippen molar-refractivity contribution in [1.82, 2.24) is 9.55 Å². The van der Waals surface area contributed by atoms with Crippen LogP contribution >= 0.6 is 0 Å². The van der Waals surface area contributed by atoms with Crippen LogP contribution in [-0.2, 0) is 16.1 Å². The molecule has 3 aromatic rings. The van der Waals surface area contributed by atoms with E-state index in [4.69, 9.17) is 0 Å². The predicted octanol–water partition coefficient (Wildman–Crippen LogP) is 3.78. The van der Waals surface area contributed by atoms with E-state index in [0.717, 1.165) is 23.4 Å². The molecule has 0 bridgehead atoms. The first-order valence-electron chi connectivity index (χ1n) is 7.67. The van der Waals surface area contributed by atoms with Gasteiger partial charge in [-0.05, 0) is 17.2 Å². The van der Waals surface area contributed by atoms with Crippen molar-refractivity contribution < 1.29 is 9.53 Å². The summed E-state index contributed by atoms with van der Waals surface area (Å²) in [7, 11) is 1.37. The third-order valence-corrected chi connectivity index (χ3v) is 3.66. The fourth-order valence-corrected chi connectivity index (χ4v) is 2.38. The van der Waals surface area contributed by atoms with Crippen molar-refractivity contribution in [3.8, 4) is 11.3 Å². The molecule has 0 saturated carbocycles. The first kappa shape index (κ1) is 15.7. The maximum Gasteiger partial charge on any atom is 0.330 e. The Labute approximate surface area is 141 Å². The average molecular weight is 318 g/mol. The zero-order valence-electron chi connectivity index (χ0n) is 13.4. The van der Waals surface area contributed by atoms with E-state index in [9.17, 15) is 4.79 Å². The van der Waals surface area contributed by atoms with Crippen LogP contribution in [0.15, 0.2) is 73.2 Å². The van der Waals surface area contributed by atoms with E-state index in [0.29, 0.717) is 0 Å². The lowest BCUT2D eigenvalue weighted by Crippen LogP contribution is -1.96. The lowest BCUT2D eigenvalue weighted by atomic mass is 10.1. The molecule has 0 N–H and O–H groups in total. The molecule has 3 rings (SSSR count). The molecule has 0 unspecified atom stereocenters. The van der Waals surface area contributed by atoms with Gasteiger partial charge in [-0.2, -0.15) is 0 Å².